The van der Waals surface area contributed by atoms with E-state index in [4.69, 9.17) is 9.15 Å². The van der Waals surface area contributed by atoms with E-state index in [-0.39, 0.29) is 19.6 Å². The van der Waals surface area contributed by atoms with Crippen LogP contribution in [-0.2, 0) is 11.3 Å². The molecule has 7 nitrogen and oxygen atoms in total. The number of hydrogen-bond donors (Lipinski definition) is 3. The first-order valence-electron chi connectivity index (χ1n) is 8.27. The summed E-state index contributed by atoms with van der Waals surface area (Å²) in [5.41, 5.74) is 2.64. The van der Waals surface area contributed by atoms with Gasteiger partial charge in [0, 0.05) is 6.54 Å². The van der Waals surface area contributed by atoms with E-state index < -0.39 is 18.3 Å². The number of nitrogens with one attached hydrogen (secondary N) is 1. The van der Waals surface area contributed by atoms with E-state index >= 15 is 0 Å². The van der Waals surface area contributed by atoms with E-state index in [9.17, 15) is 15.0 Å². The third-order valence-corrected chi connectivity index (χ3v) is 3.98. The largest absolute Gasteiger partial charge is 0.445 e. The Kier molecular flexibility index (Phi) is 5.83. The van der Waals surface area contributed by atoms with Crippen molar-refractivity contribution in [3.05, 3.63) is 66.1 Å². The summed E-state index contributed by atoms with van der Waals surface area (Å²) in [6.07, 6.45) is -1.19. The molecule has 1 heterocycles. The van der Waals surface area contributed by atoms with E-state index in [0.717, 1.165) is 5.56 Å². The first-order valence-corrected chi connectivity index (χ1v) is 8.27. The third kappa shape index (κ3) is 4.59. The lowest BCUT2D eigenvalue weighted by atomic mass is 10.0. The average Bonchev–Trinajstić information content (AvgIpc) is 3.14. The summed E-state index contributed by atoms with van der Waals surface area (Å²) < 4.78 is 10.2. The Morgan fingerprint density at radius 2 is 2.00 bits per heavy atom. The molecule has 26 heavy (non-hydrogen) atoms. The van der Waals surface area contributed by atoms with E-state index in [0.29, 0.717) is 16.7 Å². The summed E-state index contributed by atoms with van der Waals surface area (Å²) in [6, 6.07) is 14.4. The molecule has 3 rings (SSSR count). The highest BCUT2D eigenvalue weighted by atomic mass is 16.5. The Hall–Kier alpha value is -2.90. The summed E-state index contributed by atoms with van der Waals surface area (Å²) in [4.78, 5) is 15.7. The molecule has 0 saturated carbocycles. The normalized spacial score (nSPS) is 13.3. The van der Waals surface area contributed by atoms with Crippen LogP contribution in [0.25, 0.3) is 11.1 Å². The first-order chi connectivity index (χ1) is 12.6. The van der Waals surface area contributed by atoms with E-state index in [1.54, 1.807) is 18.2 Å². The van der Waals surface area contributed by atoms with Crippen molar-refractivity contribution in [1.82, 2.24) is 10.3 Å². The Bertz CT molecular complexity index is 849. The Morgan fingerprint density at radius 3 is 2.81 bits per heavy atom. The zero-order valence-electron chi connectivity index (χ0n) is 14.0. The summed E-state index contributed by atoms with van der Waals surface area (Å²) >= 11 is 0. The predicted octanol–water partition coefficient (Wildman–Crippen LogP) is 2.54. The lowest BCUT2D eigenvalue weighted by Crippen LogP contribution is -2.29. The summed E-state index contributed by atoms with van der Waals surface area (Å²) in [5.74, 6) is 0. The molecule has 2 aromatic carbocycles. The minimum Gasteiger partial charge on any atom is -0.445 e. The Morgan fingerprint density at radius 1 is 1.19 bits per heavy atom. The van der Waals surface area contributed by atoms with Crippen LogP contribution in [0.15, 0.2) is 59.3 Å². The number of carbonyl (C=O) groups is 1. The molecular weight excluding hydrogens is 336 g/mol. The molecule has 1 amide bonds. The van der Waals surface area contributed by atoms with E-state index in [2.05, 4.69) is 10.3 Å². The zero-order chi connectivity index (χ0) is 18.4. The van der Waals surface area contributed by atoms with Crippen LogP contribution >= 0.6 is 0 Å². The molecule has 0 spiro atoms. The summed E-state index contributed by atoms with van der Waals surface area (Å²) in [7, 11) is 0. The summed E-state index contributed by atoms with van der Waals surface area (Å²) in [6.45, 7) is 0.355. The maximum Gasteiger partial charge on any atom is 0.407 e. The molecule has 7 heteroatoms. The van der Waals surface area contributed by atoms with E-state index in [1.165, 1.54) is 6.39 Å². The number of aromatic nitrogens is 1. The number of nitrogens with zero attached hydrogens (tertiary/aromatic N) is 1. The zero-order valence-corrected chi connectivity index (χ0v) is 14.0. The molecule has 0 aliphatic carbocycles. The van der Waals surface area contributed by atoms with Crippen LogP contribution in [0.1, 0.15) is 23.7 Å². The SMILES string of the molecule is O=C(NCCC(O)C(O)c1ccc2ocnc2c1)OCc1ccccc1. The molecule has 0 fully saturated rings. The molecule has 3 aromatic rings. The molecule has 2 atom stereocenters. The highest BCUT2D eigenvalue weighted by Crippen LogP contribution is 2.22. The van der Waals surface area contributed by atoms with Gasteiger partial charge in [-0.25, -0.2) is 9.78 Å². The average molecular weight is 356 g/mol. The second kappa shape index (κ2) is 8.46. The van der Waals surface area contributed by atoms with Crippen molar-refractivity contribution in [2.45, 2.75) is 25.2 Å². The fourth-order valence-corrected chi connectivity index (χ4v) is 2.54. The number of carbonyl (C=O) groups excluding carboxylic acids is 1. The number of fused-ring (bicyclic) bond motifs is 1. The molecule has 0 bridgehead atoms. The maximum atomic E-state index is 11.7. The smallest absolute Gasteiger partial charge is 0.407 e. The molecule has 1 aromatic heterocycles. The van der Waals surface area contributed by atoms with Crippen molar-refractivity contribution >= 4 is 17.2 Å². The van der Waals surface area contributed by atoms with Crippen molar-refractivity contribution in [3.8, 4) is 0 Å². The monoisotopic (exact) mass is 356 g/mol. The van der Waals surface area contributed by atoms with Gasteiger partial charge in [0.1, 0.15) is 18.2 Å². The fourth-order valence-electron chi connectivity index (χ4n) is 2.54. The lowest BCUT2D eigenvalue weighted by Gasteiger charge is -2.18. The van der Waals surface area contributed by atoms with Gasteiger partial charge in [0.15, 0.2) is 12.0 Å². The number of amides is 1. The highest BCUT2D eigenvalue weighted by molar-refractivity contribution is 5.72. The van der Waals surface area contributed by atoms with Crippen LogP contribution in [0.3, 0.4) is 0 Å². The van der Waals surface area contributed by atoms with Gasteiger partial charge in [0.05, 0.1) is 6.10 Å². The standard InChI is InChI=1S/C19H20N2O5/c22-16(18(23)14-6-7-17-15(10-14)21-12-26-17)8-9-20-19(24)25-11-13-4-2-1-3-5-13/h1-7,10,12,16,18,22-23H,8-9,11H2,(H,20,24). The summed E-state index contributed by atoms with van der Waals surface area (Å²) in [5, 5.41) is 22.9. The molecule has 136 valence electrons. The van der Waals surface area contributed by atoms with Crippen molar-refractivity contribution in [3.63, 3.8) is 0 Å². The number of aliphatic hydroxyl groups excluding tert-OH is 2. The number of ether oxygens (including phenoxy) is 1. The van der Waals surface area contributed by atoms with Gasteiger partial charge in [-0.15, -0.1) is 0 Å². The molecule has 0 saturated heterocycles. The van der Waals surface area contributed by atoms with Crippen molar-refractivity contribution in [2.24, 2.45) is 0 Å². The number of oxazole rings is 1. The lowest BCUT2D eigenvalue weighted by molar-refractivity contribution is 0.0137. The quantitative estimate of drug-likeness (QED) is 0.601. The number of hydrogen-bond acceptors (Lipinski definition) is 6. The second-order valence-electron chi connectivity index (χ2n) is 5.87. The third-order valence-electron chi connectivity index (χ3n) is 3.98. The van der Waals surface area contributed by atoms with Crippen LogP contribution in [0.4, 0.5) is 4.79 Å². The molecule has 0 aliphatic rings. The number of benzene rings is 2. The van der Waals surface area contributed by atoms with Crippen LogP contribution in [0, 0.1) is 0 Å². The Labute approximate surface area is 150 Å². The Balaban J connectivity index is 1.42. The second-order valence-corrected chi connectivity index (χ2v) is 5.87. The molecule has 2 unspecified atom stereocenters. The topological polar surface area (TPSA) is 105 Å². The van der Waals surface area contributed by atoms with Crippen LogP contribution in [0.5, 0.6) is 0 Å². The van der Waals surface area contributed by atoms with Gasteiger partial charge >= 0.3 is 6.09 Å². The predicted molar refractivity (Wildman–Crippen MR) is 94.2 cm³/mol. The van der Waals surface area contributed by atoms with Crippen molar-refractivity contribution < 1.29 is 24.2 Å². The first kappa shape index (κ1) is 17.9. The van der Waals surface area contributed by atoms with Gasteiger partial charge in [-0.1, -0.05) is 36.4 Å². The number of aliphatic hydroxyl groups is 2. The fraction of sp³-hybridized carbons (Fsp3) is 0.263. The van der Waals surface area contributed by atoms with Crippen LogP contribution in [0.2, 0.25) is 0 Å². The minimum atomic E-state index is -1.08. The molecule has 3 N–H and O–H groups in total. The number of alkyl carbamates (subject to hydrolysis) is 1. The molecule has 0 radical (unpaired) electrons. The van der Waals surface area contributed by atoms with Gasteiger partial charge in [-0.3, -0.25) is 0 Å². The van der Waals surface area contributed by atoms with Crippen LogP contribution in [-0.4, -0.2) is 33.9 Å². The van der Waals surface area contributed by atoms with Gasteiger partial charge in [0.25, 0.3) is 0 Å². The van der Waals surface area contributed by atoms with Gasteiger partial charge in [-0.05, 0) is 29.7 Å². The van der Waals surface area contributed by atoms with Gasteiger partial charge < -0.3 is 24.7 Å². The van der Waals surface area contributed by atoms with Crippen molar-refractivity contribution in [1.29, 1.82) is 0 Å². The molecule has 0 aliphatic heterocycles. The molecular formula is C19H20N2O5. The van der Waals surface area contributed by atoms with Gasteiger partial charge in [0.2, 0.25) is 0 Å². The number of rotatable bonds is 7. The van der Waals surface area contributed by atoms with Crippen molar-refractivity contribution in [2.75, 3.05) is 6.54 Å². The van der Waals surface area contributed by atoms with Gasteiger partial charge in [-0.2, -0.15) is 0 Å². The minimum absolute atomic E-state index is 0.176. The highest BCUT2D eigenvalue weighted by Gasteiger charge is 2.19. The van der Waals surface area contributed by atoms with Crippen LogP contribution < -0.4 is 5.32 Å². The van der Waals surface area contributed by atoms with E-state index in [1.807, 2.05) is 30.3 Å². The maximum absolute atomic E-state index is 11.7.